The molecule has 140 valence electrons. The van der Waals surface area contributed by atoms with E-state index < -0.39 is 5.56 Å². The molecular weight excluding hydrogens is 342 g/mol. The minimum atomic E-state index is -0.464. The molecule has 6 heteroatoms. The largest absolute Gasteiger partial charge is 0.508 e. The molecule has 1 saturated heterocycles. The summed E-state index contributed by atoms with van der Waals surface area (Å²) in [5, 5.41) is 18.5. The second kappa shape index (κ2) is 8.09. The van der Waals surface area contributed by atoms with Gasteiger partial charge in [-0.2, -0.15) is 5.26 Å². The molecule has 27 heavy (non-hydrogen) atoms. The molecule has 1 aliphatic heterocycles. The number of rotatable bonds is 4. The summed E-state index contributed by atoms with van der Waals surface area (Å²) in [5.74, 6) is 0.116. The first kappa shape index (κ1) is 18.7. The number of benzene rings is 1. The van der Waals surface area contributed by atoms with Crippen molar-refractivity contribution in [3.05, 3.63) is 63.1 Å². The van der Waals surface area contributed by atoms with Gasteiger partial charge in [0.1, 0.15) is 17.4 Å². The van der Waals surface area contributed by atoms with Gasteiger partial charge in [0.2, 0.25) is 0 Å². The second-order valence-electron chi connectivity index (χ2n) is 7.02. The Kier molecular flexibility index (Phi) is 5.60. The Balaban J connectivity index is 1.78. The van der Waals surface area contributed by atoms with Gasteiger partial charge >= 0.3 is 0 Å². The minimum absolute atomic E-state index is 0.0402. The molecule has 2 N–H and O–H groups in total. The van der Waals surface area contributed by atoms with E-state index in [4.69, 9.17) is 5.26 Å². The number of piperidine rings is 1. The summed E-state index contributed by atoms with van der Waals surface area (Å²) in [7, 11) is 0. The van der Waals surface area contributed by atoms with Crippen molar-refractivity contribution in [2.24, 2.45) is 0 Å². The first-order valence-corrected chi connectivity index (χ1v) is 9.22. The summed E-state index contributed by atoms with van der Waals surface area (Å²) in [6.07, 6.45) is 4.64. The Morgan fingerprint density at radius 3 is 2.78 bits per heavy atom. The van der Waals surface area contributed by atoms with Crippen LogP contribution in [0.3, 0.4) is 0 Å². The van der Waals surface area contributed by atoms with E-state index in [1.807, 2.05) is 23.1 Å². The highest BCUT2D eigenvalue weighted by Crippen LogP contribution is 2.24. The van der Waals surface area contributed by atoms with Gasteiger partial charge in [-0.05, 0) is 62.8 Å². The first-order valence-electron chi connectivity index (χ1n) is 9.22. The number of nitriles is 1. The molecule has 2 heterocycles. The van der Waals surface area contributed by atoms with E-state index in [0.29, 0.717) is 17.8 Å². The third-order valence-corrected chi connectivity index (χ3v) is 5.18. The molecule has 1 fully saturated rings. The minimum Gasteiger partial charge on any atom is -0.508 e. The maximum absolute atomic E-state index is 13.1. The molecule has 0 aliphatic carbocycles. The molecule has 1 aromatic carbocycles. The predicted molar refractivity (Wildman–Crippen MR) is 102 cm³/mol. The van der Waals surface area contributed by atoms with Gasteiger partial charge in [0.25, 0.3) is 11.5 Å². The number of hydrogen-bond acceptors (Lipinski definition) is 4. The number of phenolic OH excluding ortho intramolecular Hbond substituents is 1. The van der Waals surface area contributed by atoms with Crippen LogP contribution in [0.15, 0.2) is 35.1 Å². The van der Waals surface area contributed by atoms with E-state index in [-0.39, 0.29) is 23.3 Å². The van der Waals surface area contributed by atoms with Crippen molar-refractivity contribution >= 4 is 5.91 Å². The summed E-state index contributed by atoms with van der Waals surface area (Å²) >= 11 is 0. The number of amides is 1. The molecule has 1 aromatic heterocycles. The quantitative estimate of drug-likeness (QED) is 0.870. The van der Waals surface area contributed by atoms with Gasteiger partial charge in [-0.25, -0.2) is 0 Å². The Morgan fingerprint density at radius 1 is 1.33 bits per heavy atom. The highest BCUT2D eigenvalue weighted by Gasteiger charge is 2.28. The number of nitrogens with one attached hydrogen (secondary N) is 1. The molecule has 0 unspecified atom stereocenters. The average Bonchev–Trinajstić information content (AvgIpc) is 2.67. The lowest BCUT2D eigenvalue weighted by molar-refractivity contribution is 0.0600. The molecule has 3 rings (SSSR count). The molecule has 1 aliphatic rings. The molecular formula is C21H23N3O3. The summed E-state index contributed by atoms with van der Waals surface area (Å²) in [6.45, 7) is 2.37. The summed E-state index contributed by atoms with van der Waals surface area (Å²) in [4.78, 5) is 29.4. The van der Waals surface area contributed by atoms with Crippen LogP contribution < -0.4 is 5.56 Å². The van der Waals surface area contributed by atoms with E-state index in [1.165, 1.54) is 6.07 Å². The van der Waals surface area contributed by atoms with Gasteiger partial charge in [-0.3, -0.25) is 9.59 Å². The van der Waals surface area contributed by atoms with Crippen molar-refractivity contribution in [2.75, 3.05) is 6.54 Å². The van der Waals surface area contributed by atoms with Crippen molar-refractivity contribution in [3.63, 3.8) is 0 Å². The number of pyridine rings is 1. The summed E-state index contributed by atoms with van der Waals surface area (Å²) < 4.78 is 0. The Bertz CT molecular complexity index is 925. The van der Waals surface area contributed by atoms with Crippen molar-refractivity contribution in [2.45, 2.75) is 45.1 Å². The number of carbonyl (C=O) groups is 1. The number of likely N-dealkylation sites (tertiary alicyclic amines) is 1. The fourth-order valence-corrected chi connectivity index (χ4v) is 3.65. The number of H-pyrrole nitrogens is 1. The molecule has 0 saturated carbocycles. The maximum atomic E-state index is 13.1. The lowest BCUT2D eigenvalue weighted by Gasteiger charge is -2.36. The van der Waals surface area contributed by atoms with E-state index >= 15 is 0 Å². The van der Waals surface area contributed by atoms with Crippen LogP contribution in [0.25, 0.3) is 0 Å². The smallest absolute Gasteiger partial charge is 0.266 e. The van der Waals surface area contributed by atoms with Gasteiger partial charge in [-0.15, -0.1) is 0 Å². The summed E-state index contributed by atoms with van der Waals surface area (Å²) in [6, 6.07) is 10.5. The normalized spacial score (nSPS) is 16.7. The van der Waals surface area contributed by atoms with Gasteiger partial charge in [-0.1, -0.05) is 12.1 Å². The zero-order valence-corrected chi connectivity index (χ0v) is 15.4. The van der Waals surface area contributed by atoms with Gasteiger partial charge < -0.3 is 15.0 Å². The zero-order chi connectivity index (χ0) is 19.4. The number of aromatic hydroxyl groups is 1. The van der Waals surface area contributed by atoms with Crippen LogP contribution in [-0.4, -0.2) is 33.5 Å². The Labute approximate surface area is 158 Å². The lowest BCUT2D eigenvalue weighted by Crippen LogP contribution is -2.44. The number of aryl methyl sites for hydroxylation is 2. The standard InChI is InChI=1S/C21H23N3O3/c1-14-19(12-16(13-22)20(26)23-14)21(27)24-11-3-2-4-17(24)8-5-15-6-9-18(25)10-7-15/h6-7,9-10,12,17,25H,2-5,8,11H2,1H3,(H,23,26)/t17-/m1/s1. The van der Waals surface area contributed by atoms with E-state index in [1.54, 1.807) is 19.1 Å². The number of carbonyl (C=O) groups excluding carboxylic acids is 1. The molecule has 2 aromatic rings. The maximum Gasteiger partial charge on any atom is 0.266 e. The predicted octanol–water partition coefficient (Wildman–Crippen LogP) is 2.89. The topological polar surface area (TPSA) is 97.2 Å². The molecule has 6 nitrogen and oxygen atoms in total. The highest BCUT2D eigenvalue weighted by molar-refractivity contribution is 5.95. The monoisotopic (exact) mass is 365 g/mol. The van der Waals surface area contributed by atoms with E-state index in [9.17, 15) is 14.7 Å². The number of aromatic nitrogens is 1. The first-order chi connectivity index (χ1) is 13.0. The molecule has 0 bridgehead atoms. The number of nitrogens with zero attached hydrogens (tertiary/aromatic N) is 2. The van der Waals surface area contributed by atoms with Crippen LogP contribution in [0.5, 0.6) is 5.75 Å². The van der Waals surface area contributed by atoms with Gasteiger partial charge in [0, 0.05) is 18.3 Å². The molecule has 0 radical (unpaired) electrons. The third kappa shape index (κ3) is 4.20. The van der Waals surface area contributed by atoms with Crippen molar-refractivity contribution in [3.8, 4) is 11.8 Å². The van der Waals surface area contributed by atoms with E-state index in [2.05, 4.69) is 4.98 Å². The lowest BCUT2D eigenvalue weighted by atomic mass is 9.94. The van der Waals surface area contributed by atoms with Crippen LogP contribution in [0.4, 0.5) is 0 Å². The SMILES string of the molecule is Cc1[nH]c(=O)c(C#N)cc1C(=O)N1CCCC[C@@H]1CCc1ccc(O)cc1. The highest BCUT2D eigenvalue weighted by atomic mass is 16.3. The van der Waals surface area contributed by atoms with Crippen LogP contribution in [-0.2, 0) is 6.42 Å². The Hall–Kier alpha value is -3.07. The average molecular weight is 365 g/mol. The Morgan fingerprint density at radius 2 is 2.07 bits per heavy atom. The van der Waals surface area contributed by atoms with Gasteiger partial charge in [0.15, 0.2) is 0 Å². The van der Waals surface area contributed by atoms with Crippen molar-refractivity contribution in [1.29, 1.82) is 5.26 Å². The van der Waals surface area contributed by atoms with E-state index in [0.717, 1.165) is 37.7 Å². The number of aromatic amines is 1. The number of hydrogen-bond donors (Lipinski definition) is 2. The van der Waals surface area contributed by atoms with Crippen molar-refractivity contribution < 1.29 is 9.90 Å². The molecule has 1 atom stereocenters. The van der Waals surface area contributed by atoms with Crippen LogP contribution in [0, 0.1) is 18.3 Å². The van der Waals surface area contributed by atoms with Crippen molar-refractivity contribution in [1.82, 2.24) is 9.88 Å². The van der Waals surface area contributed by atoms with Crippen LogP contribution in [0.1, 0.15) is 52.9 Å². The zero-order valence-electron chi connectivity index (χ0n) is 15.4. The van der Waals surface area contributed by atoms with Crippen LogP contribution in [0.2, 0.25) is 0 Å². The number of phenols is 1. The fourth-order valence-electron chi connectivity index (χ4n) is 3.65. The molecule has 1 amide bonds. The summed E-state index contributed by atoms with van der Waals surface area (Å²) in [5.41, 5.74) is 1.50. The second-order valence-corrected chi connectivity index (χ2v) is 7.02. The molecule has 0 spiro atoms. The fraction of sp³-hybridized carbons (Fsp3) is 0.381. The third-order valence-electron chi connectivity index (χ3n) is 5.18. The van der Waals surface area contributed by atoms with Gasteiger partial charge in [0.05, 0.1) is 5.56 Å². The van der Waals surface area contributed by atoms with Crippen LogP contribution >= 0.6 is 0 Å².